The predicted molar refractivity (Wildman–Crippen MR) is 42.1 cm³/mol. The van der Waals surface area contributed by atoms with Crippen molar-refractivity contribution in [2.75, 3.05) is 0 Å². The van der Waals surface area contributed by atoms with Crippen LogP contribution in [0.3, 0.4) is 0 Å². The maximum absolute atomic E-state index is 8.53. The molecular formula is C6H8NO3P. The van der Waals surface area contributed by atoms with Crippen molar-refractivity contribution in [1.29, 1.82) is 0 Å². The fourth-order valence-corrected chi connectivity index (χ4v) is 1.09. The summed E-state index contributed by atoms with van der Waals surface area (Å²) in [4.78, 5) is 25.6. The first kappa shape index (κ1) is 8.43. The normalized spacial score (nSPS) is 11.2. The number of benzene rings is 1. The Bertz CT molecular complexity index is 271. The van der Waals surface area contributed by atoms with Gasteiger partial charge in [-0.1, -0.05) is 18.2 Å². The Morgan fingerprint density at radius 2 is 1.55 bits per heavy atom. The molecule has 0 bridgehead atoms. The van der Waals surface area contributed by atoms with Crippen LogP contribution in [-0.2, 0) is 0 Å². The summed E-state index contributed by atoms with van der Waals surface area (Å²) >= 11 is 0. The molecule has 1 rings (SSSR count). The molecule has 0 aromatic heterocycles. The zero-order valence-corrected chi connectivity index (χ0v) is 6.52. The van der Waals surface area contributed by atoms with Crippen molar-refractivity contribution in [2.45, 2.75) is 0 Å². The first-order valence-electron chi connectivity index (χ1n) is 2.93. The van der Waals surface area contributed by atoms with Crippen LogP contribution in [0.1, 0.15) is 0 Å². The van der Waals surface area contributed by atoms with Crippen LogP contribution in [0.15, 0.2) is 35.1 Å². The van der Waals surface area contributed by atoms with E-state index in [1.807, 2.05) is 0 Å². The Kier molecular flexibility index (Phi) is 2.42. The van der Waals surface area contributed by atoms with E-state index in [4.69, 9.17) is 14.7 Å². The van der Waals surface area contributed by atoms with Crippen LogP contribution >= 0.6 is 7.74 Å². The zero-order valence-electron chi connectivity index (χ0n) is 5.62. The van der Waals surface area contributed by atoms with Gasteiger partial charge in [0.25, 0.3) is 0 Å². The van der Waals surface area contributed by atoms with E-state index < -0.39 is 7.74 Å². The molecule has 0 atom stereocenters. The van der Waals surface area contributed by atoms with Crippen molar-refractivity contribution >= 4 is 13.4 Å². The van der Waals surface area contributed by atoms with E-state index in [1.54, 1.807) is 30.3 Å². The molecule has 0 aliphatic heterocycles. The molecule has 0 aliphatic rings. The van der Waals surface area contributed by atoms with Crippen LogP contribution in [0.25, 0.3) is 0 Å². The van der Waals surface area contributed by atoms with E-state index in [2.05, 4.69) is 4.74 Å². The van der Waals surface area contributed by atoms with Gasteiger partial charge in [0.1, 0.15) is 0 Å². The topological polar surface area (TPSA) is 73.0 Å². The van der Waals surface area contributed by atoms with Gasteiger partial charge in [0.15, 0.2) is 0 Å². The zero-order chi connectivity index (χ0) is 8.32. The monoisotopic (exact) mass is 173 g/mol. The second kappa shape index (κ2) is 3.15. The van der Waals surface area contributed by atoms with Gasteiger partial charge < -0.3 is 14.7 Å². The number of nitrogens with zero attached hydrogens (tertiary/aromatic N) is 1. The molecule has 0 aliphatic carbocycles. The lowest BCUT2D eigenvalue weighted by molar-refractivity contribution is 0.349. The average molecular weight is 173 g/mol. The van der Waals surface area contributed by atoms with Crippen LogP contribution in [0, 0.1) is 0 Å². The summed E-state index contributed by atoms with van der Waals surface area (Å²) in [5.74, 6) is 0. The fourth-order valence-electron chi connectivity index (χ4n) is 0.650. The number of hydrogen-bond acceptors (Lipinski definition) is 1. The highest BCUT2D eigenvalue weighted by Crippen LogP contribution is 2.37. The predicted octanol–water partition coefficient (Wildman–Crippen LogP) is 1.24. The average Bonchev–Trinajstić information content (AvgIpc) is 1.85. The molecule has 0 saturated heterocycles. The van der Waals surface area contributed by atoms with Gasteiger partial charge in [-0.3, -0.25) is 0 Å². The van der Waals surface area contributed by atoms with E-state index in [9.17, 15) is 0 Å². The minimum atomic E-state index is -4.01. The maximum Gasteiger partial charge on any atom is 0.352 e. The van der Waals surface area contributed by atoms with E-state index in [0.717, 1.165) is 0 Å². The summed E-state index contributed by atoms with van der Waals surface area (Å²) in [7, 11) is -4.01. The minimum Gasteiger partial charge on any atom is -0.318 e. The summed E-state index contributed by atoms with van der Waals surface area (Å²) in [5, 5.41) is 0. The van der Waals surface area contributed by atoms with Crippen molar-refractivity contribution < 1.29 is 14.7 Å². The molecule has 1 aromatic rings. The molecule has 5 heteroatoms. The van der Waals surface area contributed by atoms with Crippen molar-refractivity contribution in [2.24, 2.45) is 4.74 Å². The molecule has 0 radical (unpaired) electrons. The molecule has 0 spiro atoms. The Morgan fingerprint density at radius 1 is 1.00 bits per heavy atom. The van der Waals surface area contributed by atoms with Gasteiger partial charge in [-0.2, -0.15) is 4.74 Å². The molecule has 11 heavy (non-hydrogen) atoms. The van der Waals surface area contributed by atoms with Gasteiger partial charge >= 0.3 is 7.74 Å². The highest BCUT2D eigenvalue weighted by molar-refractivity contribution is 7.48. The smallest absolute Gasteiger partial charge is 0.318 e. The summed E-state index contributed by atoms with van der Waals surface area (Å²) in [6, 6.07) is 8.28. The Morgan fingerprint density at radius 3 is 2.00 bits per heavy atom. The van der Waals surface area contributed by atoms with E-state index in [0.29, 0.717) is 5.69 Å². The third kappa shape index (κ3) is 3.30. The first-order valence-corrected chi connectivity index (χ1v) is 4.53. The van der Waals surface area contributed by atoms with Gasteiger partial charge in [-0.05, 0) is 12.1 Å². The molecule has 0 saturated carbocycles. The molecule has 3 N–H and O–H groups in total. The standard InChI is InChI=1S/C6H8NO3P/c8-11(9,10)7-6-4-2-1-3-5-6/h1-5,8-10H. The van der Waals surface area contributed by atoms with Gasteiger partial charge in [-0.15, -0.1) is 0 Å². The maximum atomic E-state index is 8.53. The van der Waals surface area contributed by atoms with Crippen LogP contribution in [-0.4, -0.2) is 14.7 Å². The summed E-state index contributed by atoms with van der Waals surface area (Å²) < 4.78 is 3.27. The van der Waals surface area contributed by atoms with Gasteiger partial charge in [0.05, 0.1) is 5.69 Å². The van der Waals surface area contributed by atoms with Crippen molar-refractivity contribution in [3.63, 3.8) is 0 Å². The van der Waals surface area contributed by atoms with Gasteiger partial charge in [-0.25, -0.2) is 0 Å². The summed E-state index contributed by atoms with van der Waals surface area (Å²) in [5.41, 5.74) is 0.355. The van der Waals surface area contributed by atoms with Gasteiger partial charge in [0, 0.05) is 0 Å². The third-order valence-electron chi connectivity index (χ3n) is 1.01. The number of rotatable bonds is 1. The Hall–Kier alpha value is -0.670. The SMILES string of the molecule is OP(O)(O)=Nc1ccccc1. The molecule has 0 unspecified atom stereocenters. The third-order valence-corrected chi connectivity index (χ3v) is 1.51. The highest BCUT2D eigenvalue weighted by Gasteiger charge is 2.02. The second-order valence-electron chi connectivity index (χ2n) is 1.97. The van der Waals surface area contributed by atoms with E-state index in [1.165, 1.54) is 0 Å². The lowest BCUT2D eigenvalue weighted by Crippen LogP contribution is -1.72. The molecule has 0 fully saturated rings. The van der Waals surface area contributed by atoms with Crippen molar-refractivity contribution in [3.05, 3.63) is 30.3 Å². The molecule has 0 heterocycles. The summed E-state index contributed by atoms with van der Waals surface area (Å²) in [6.07, 6.45) is 0. The minimum absolute atomic E-state index is 0.355. The summed E-state index contributed by atoms with van der Waals surface area (Å²) in [6.45, 7) is 0. The lowest BCUT2D eigenvalue weighted by atomic mass is 10.3. The molecule has 4 nitrogen and oxygen atoms in total. The molecular weight excluding hydrogens is 165 g/mol. The fraction of sp³-hybridized carbons (Fsp3) is 0. The number of hydrogen-bond donors (Lipinski definition) is 3. The Balaban J connectivity index is 2.98. The second-order valence-corrected chi connectivity index (χ2v) is 3.25. The van der Waals surface area contributed by atoms with Crippen LogP contribution < -0.4 is 0 Å². The molecule has 60 valence electrons. The molecule has 1 aromatic carbocycles. The lowest BCUT2D eigenvalue weighted by Gasteiger charge is -1.99. The Labute approximate surface area is 64.1 Å². The van der Waals surface area contributed by atoms with Crippen LogP contribution in [0.2, 0.25) is 0 Å². The highest BCUT2D eigenvalue weighted by atomic mass is 31.2. The van der Waals surface area contributed by atoms with Crippen molar-refractivity contribution in [1.82, 2.24) is 0 Å². The largest absolute Gasteiger partial charge is 0.352 e. The van der Waals surface area contributed by atoms with Crippen molar-refractivity contribution in [3.8, 4) is 0 Å². The van der Waals surface area contributed by atoms with Gasteiger partial charge in [0.2, 0.25) is 0 Å². The van der Waals surface area contributed by atoms with Crippen LogP contribution in [0.4, 0.5) is 5.69 Å². The molecule has 0 amide bonds. The van der Waals surface area contributed by atoms with E-state index >= 15 is 0 Å². The quantitative estimate of drug-likeness (QED) is 0.559. The van der Waals surface area contributed by atoms with Crippen LogP contribution in [0.5, 0.6) is 0 Å². The van der Waals surface area contributed by atoms with E-state index in [-0.39, 0.29) is 0 Å². The first-order chi connectivity index (χ1) is 5.08.